The largest absolute Gasteiger partial charge is 0.497 e. The molecule has 0 unspecified atom stereocenters. The van der Waals surface area contributed by atoms with Crippen LogP contribution in [-0.4, -0.2) is 40.9 Å². The molecule has 0 fully saturated rings. The standard InChI is InChI=1S/C19H18ClFN4O2S2/c1-25(10-14-15(20)4-3-5-16(14)21)17(26)11-28-19-24-23-18(29-19)22-12-6-8-13(27-2)9-7-12/h3-9H,10-11H2,1-2H3,(H,22,23). The van der Waals surface area contributed by atoms with Crippen LogP contribution in [0.3, 0.4) is 0 Å². The first kappa shape index (κ1) is 21.4. The summed E-state index contributed by atoms with van der Waals surface area (Å²) in [4.78, 5) is 13.8. The van der Waals surface area contributed by atoms with E-state index < -0.39 is 5.82 Å². The van der Waals surface area contributed by atoms with E-state index >= 15 is 0 Å². The molecular weight excluding hydrogens is 435 g/mol. The van der Waals surface area contributed by atoms with Crippen LogP contribution >= 0.6 is 34.7 Å². The minimum Gasteiger partial charge on any atom is -0.497 e. The second-order valence-electron chi connectivity index (χ2n) is 5.97. The number of nitrogens with zero attached hydrogens (tertiary/aromatic N) is 3. The molecule has 0 aliphatic carbocycles. The highest BCUT2D eigenvalue weighted by atomic mass is 35.5. The van der Waals surface area contributed by atoms with Gasteiger partial charge in [0.15, 0.2) is 4.34 Å². The number of rotatable bonds is 8. The van der Waals surface area contributed by atoms with Crippen molar-refractivity contribution in [2.75, 3.05) is 25.2 Å². The van der Waals surface area contributed by atoms with E-state index in [0.717, 1.165) is 11.4 Å². The minimum absolute atomic E-state index is 0.102. The predicted molar refractivity (Wildman–Crippen MR) is 115 cm³/mol. The van der Waals surface area contributed by atoms with E-state index in [1.807, 2.05) is 24.3 Å². The normalized spacial score (nSPS) is 10.6. The molecule has 0 aliphatic heterocycles. The van der Waals surface area contributed by atoms with Crippen LogP contribution in [0, 0.1) is 5.82 Å². The summed E-state index contributed by atoms with van der Waals surface area (Å²) in [5.74, 6) is 0.348. The van der Waals surface area contributed by atoms with Gasteiger partial charge in [-0.3, -0.25) is 4.79 Å². The Bertz CT molecular complexity index is 964. The van der Waals surface area contributed by atoms with Crippen LogP contribution in [0.25, 0.3) is 0 Å². The van der Waals surface area contributed by atoms with Gasteiger partial charge in [-0.15, -0.1) is 10.2 Å². The number of carbonyl (C=O) groups is 1. The highest BCUT2D eigenvalue weighted by Crippen LogP contribution is 2.28. The summed E-state index contributed by atoms with van der Waals surface area (Å²) in [7, 11) is 3.22. The van der Waals surface area contributed by atoms with Gasteiger partial charge in [-0.25, -0.2) is 4.39 Å². The quantitative estimate of drug-likeness (QED) is 0.493. The Balaban J connectivity index is 1.52. The van der Waals surface area contributed by atoms with Crippen molar-refractivity contribution in [2.45, 2.75) is 10.9 Å². The third-order valence-electron chi connectivity index (χ3n) is 3.95. The molecule has 0 saturated heterocycles. The fraction of sp³-hybridized carbons (Fsp3) is 0.211. The van der Waals surface area contributed by atoms with Crippen LogP contribution in [0.4, 0.5) is 15.2 Å². The number of anilines is 2. The first-order valence-electron chi connectivity index (χ1n) is 8.50. The smallest absolute Gasteiger partial charge is 0.233 e. The second kappa shape index (κ2) is 9.91. The van der Waals surface area contributed by atoms with Crippen molar-refractivity contribution in [2.24, 2.45) is 0 Å². The Labute approximate surface area is 181 Å². The van der Waals surface area contributed by atoms with Crippen LogP contribution < -0.4 is 10.1 Å². The average Bonchev–Trinajstić information content (AvgIpc) is 3.16. The van der Waals surface area contributed by atoms with Crippen molar-refractivity contribution in [3.63, 3.8) is 0 Å². The summed E-state index contributed by atoms with van der Waals surface area (Å²) in [5, 5.41) is 12.2. The zero-order valence-electron chi connectivity index (χ0n) is 15.7. The Kier molecular flexibility index (Phi) is 7.29. The van der Waals surface area contributed by atoms with Gasteiger partial charge in [0.2, 0.25) is 11.0 Å². The zero-order chi connectivity index (χ0) is 20.8. The third kappa shape index (κ3) is 5.81. The molecule has 6 nitrogen and oxygen atoms in total. The lowest BCUT2D eigenvalue weighted by Crippen LogP contribution is -2.28. The van der Waals surface area contributed by atoms with Crippen molar-refractivity contribution in [1.29, 1.82) is 0 Å². The van der Waals surface area contributed by atoms with E-state index in [0.29, 0.717) is 20.1 Å². The number of halogens is 2. The molecule has 152 valence electrons. The maximum absolute atomic E-state index is 13.9. The molecule has 0 atom stereocenters. The van der Waals surface area contributed by atoms with E-state index in [1.54, 1.807) is 20.2 Å². The lowest BCUT2D eigenvalue weighted by atomic mass is 10.2. The van der Waals surface area contributed by atoms with Gasteiger partial charge >= 0.3 is 0 Å². The molecule has 10 heteroatoms. The molecular formula is C19H18ClFN4O2S2. The predicted octanol–water partition coefficient (Wildman–Crippen LogP) is 4.83. The molecule has 2 aromatic carbocycles. The second-order valence-corrected chi connectivity index (χ2v) is 8.57. The van der Waals surface area contributed by atoms with Crippen LogP contribution in [-0.2, 0) is 11.3 Å². The van der Waals surface area contributed by atoms with Gasteiger partial charge in [0, 0.05) is 29.9 Å². The Hall–Kier alpha value is -2.36. The van der Waals surface area contributed by atoms with Gasteiger partial charge in [-0.05, 0) is 36.4 Å². The average molecular weight is 453 g/mol. The number of aromatic nitrogens is 2. The van der Waals surface area contributed by atoms with Crippen molar-refractivity contribution >= 4 is 51.4 Å². The highest BCUT2D eigenvalue weighted by Gasteiger charge is 2.16. The molecule has 0 bridgehead atoms. The van der Waals surface area contributed by atoms with Crippen molar-refractivity contribution in [3.8, 4) is 5.75 Å². The number of hydrogen-bond acceptors (Lipinski definition) is 7. The van der Waals surface area contributed by atoms with Gasteiger partial charge < -0.3 is 15.0 Å². The number of carbonyl (C=O) groups excluding carboxylic acids is 1. The summed E-state index contributed by atoms with van der Waals surface area (Å²) in [6.45, 7) is 0.102. The topological polar surface area (TPSA) is 67.3 Å². The van der Waals surface area contributed by atoms with Gasteiger partial charge in [0.05, 0.1) is 12.9 Å². The molecule has 1 N–H and O–H groups in total. The Morgan fingerprint density at radius 3 is 2.72 bits per heavy atom. The summed E-state index contributed by atoms with van der Waals surface area (Å²) in [6.07, 6.45) is 0. The van der Waals surface area contributed by atoms with Gasteiger partial charge in [-0.2, -0.15) is 0 Å². The van der Waals surface area contributed by atoms with E-state index in [1.165, 1.54) is 40.1 Å². The molecule has 1 aromatic heterocycles. The molecule has 29 heavy (non-hydrogen) atoms. The number of amides is 1. The minimum atomic E-state index is -0.428. The molecule has 3 rings (SSSR count). The Morgan fingerprint density at radius 1 is 1.28 bits per heavy atom. The van der Waals surface area contributed by atoms with Crippen LogP contribution in [0.15, 0.2) is 46.8 Å². The van der Waals surface area contributed by atoms with E-state index in [4.69, 9.17) is 16.3 Å². The molecule has 0 spiro atoms. The molecule has 3 aromatic rings. The summed E-state index contributed by atoms with van der Waals surface area (Å²) >= 11 is 8.65. The number of thioether (sulfide) groups is 1. The molecule has 0 radical (unpaired) electrons. The van der Waals surface area contributed by atoms with Crippen LogP contribution in [0.1, 0.15) is 5.56 Å². The monoisotopic (exact) mass is 452 g/mol. The van der Waals surface area contributed by atoms with E-state index in [9.17, 15) is 9.18 Å². The maximum Gasteiger partial charge on any atom is 0.233 e. The molecule has 0 aliphatic rings. The highest BCUT2D eigenvalue weighted by molar-refractivity contribution is 8.01. The fourth-order valence-corrected chi connectivity index (χ4v) is 4.29. The number of methoxy groups -OCH3 is 1. The first-order valence-corrected chi connectivity index (χ1v) is 10.7. The van der Waals surface area contributed by atoms with Gasteiger partial charge in [0.1, 0.15) is 11.6 Å². The van der Waals surface area contributed by atoms with Crippen molar-refractivity contribution in [1.82, 2.24) is 15.1 Å². The third-order valence-corrected chi connectivity index (χ3v) is 6.26. The number of ether oxygens (including phenoxy) is 1. The molecule has 1 heterocycles. The van der Waals surface area contributed by atoms with Crippen molar-refractivity contribution < 1.29 is 13.9 Å². The Morgan fingerprint density at radius 2 is 2.03 bits per heavy atom. The maximum atomic E-state index is 13.9. The summed E-state index contributed by atoms with van der Waals surface area (Å²) in [5.41, 5.74) is 1.16. The number of benzene rings is 2. The summed E-state index contributed by atoms with van der Waals surface area (Å²) in [6, 6.07) is 11.9. The van der Waals surface area contributed by atoms with E-state index in [-0.39, 0.29) is 18.2 Å². The lowest BCUT2D eigenvalue weighted by Gasteiger charge is -2.18. The van der Waals surface area contributed by atoms with Gasteiger partial charge in [0.25, 0.3) is 0 Å². The zero-order valence-corrected chi connectivity index (χ0v) is 18.1. The van der Waals surface area contributed by atoms with Crippen LogP contribution in [0.5, 0.6) is 5.75 Å². The van der Waals surface area contributed by atoms with Gasteiger partial charge in [-0.1, -0.05) is 40.8 Å². The molecule has 1 amide bonds. The first-order chi connectivity index (χ1) is 14.0. The summed E-state index contributed by atoms with van der Waals surface area (Å²) < 4.78 is 19.7. The lowest BCUT2D eigenvalue weighted by molar-refractivity contribution is -0.127. The number of nitrogens with one attached hydrogen (secondary N) is 1. The van der Waals surface area contributed by atoms with Crippen LogP contribution in [0.2, 0.25) is 5.02 Å². The SMILES string of the molecule is COc1ccc(Nc2nnc(SCC(=O)N(C)Cc3c(F)cccc3Cl)s2)cc1. The molecule has 0 saturated carbocycles. The number of hydrogen-bond donors (Lipinski definition) is 1. The van der Waals surface area contributed by atoms with E-state index in [2.05, 4.69) is 15.5 Å². The van der Waals surface area contributed by atoms with Crippen molar-refractivity contribution in [3.05, 3.63) is 58.9 Å². The fourth-order valence-electron chi connectivity index (χ4n) is 2.36.